The van der Waals surface area contributed by atoms with Crippen LogP contribution in [0.4, 0.5) is 0 Å². The molecule has 0 aliphatic rings. The Morgan fingerprint density at radius 1 is 0.413 bits per heavy atom. The second kappa shape index (κ2) is 21.4. The molecule has 0 aromatic heterocycles. The first kappa shape index (κ1) is 45.0. The standard InChI is InChI=1S/C27H24O4S2.C25H18O3S2/c1-30-27(31-2,20-8-14-23(15-9-20)32-24-16-12-22(28)13-17-24)21-10-18-26(19-11-21)33(29)25-6-4-3-5-7-25;26-20-10-14-22(15-11-20)29-21-12-6-18(7-13-21)25(27)19-8-16-24(17-9-19)30(28)23-4-2-1-3-5-23/h3-19,28H,1-2H3;1-17,26H. The summed E-state index contributed by atoms with van der Waals surface area (Å²) >= 11 is 3.16. The van der Waals surface area contributed by atoms with Crippen molar-refractivity contribution >= 4 is 50.9 Å². The Bertz CT molecular complexity index is 2760. The Labute approximate surface area is 380 Å². The van der Waals surface area contributed by atoms with Crippen LogP contribution in [0, 0.1) is 0 Å². The summed E-state index contributed by atoms with van der Waals surface area (Å²) in [6, 6.07) is 62.5. The van der Waals surface area contributed by atoms with Crippen LogP contribution in [0.1, 0.15) is 27.0 Å². The van der Waals surface area contributed by atoms with Crippen LogP contribution in [0.5, 0.6) is 11.5 Å². The van der Waals surface area contributed by atoms with Crippen molar-refractivity contribution < 1.29 is 32.9 Å². The molecule has 0 saturated carbocycles. The Morgan fingerprint density at radius 3 is 1.06 bits per heavy atom. The molecule has 2 N–H and O–H groups in total. The van der Waals surface area contributed by atoms with Crippen LogP contribution >= 0.6 is 23.5 Å². The van der Waals surface area contributed by atoms with Gasteiger partial charge in [-0.2, -0.15) is 0 Å². The molecule has 0 radical (unpaired) electrons. The summed E-state index contributed by atoms with van der Waals surface area (Å²) < 4.78 is 37.2. The molecule has 0 heterocycles. The molecule has 0 bridgehead atoms. The molecule has 11 heteroatoms. The fourth-order valence-corrected chi connectivity index (χ4v) is 10.2. The molecule has 63 heavy (non-hydrogen) atoms. The van der Waals surface area contributed by atoms with Gasteiger partial charge in [-0.05, 0) is 146 Å². The van der Waals surface area contributed by atoms with E-state index in [-0.39, 0.29) is 17.3 Å². The van der Waals surface area contributed by atoms with Crippen LogP contribution in [0.2, 0.25) is 0 Å². The quantitative estimate of drug-likeness (QED) is 0.0814. The summed E-state index contributed by atoms with van der Waals surface area (Å²) in [6.45, 7) is 0. The first-order chi connectivity index (χ1) is 30.6. The van der Waals surface area contributed by atoms with Gasteiger partial charge in [0, 0.05) is 75.6 Å². The maximum Gasteiger partial charge on any atom is 0.221 e. The number of hydrogen-bond donors (Lipinski definition) is 2. The number of phenolic OH excluding ortho intramolecular Hbond substituents is 2. The summed E-state index contributed by atoms with van der Waals surface area (Å²) in [6.07, 6.45) is 0. The summed E-state index contributed by atoms with van der Waals surface area (Å²) in [7, 11) is 0.698. The lowest BCUT2D eigenvalue weighted by atomic mass is 9.97. The van der Waals surface area contributed by atoms with Crippen LogP contribution < -0.4 is 0 Å². The molecular weight excluding hydrogens is 865 g/mol. The average molecular weight is 907 g/mol. The molecular formula is C52H42O7S4. The van der Waals surface area contributed by atoms with E-state index in [1.165, 1.54) is 0 Å². The summed E-state index contributed by atoms with van der Waals surface area (Å²) in [5.41, 5.74) is 2.81. The van der Waals surface area contributed by atoms with E-state index in [1.807, 2.05) is 146 Å². The Kier molecular flexibility index (Phi) is 15.2. The van der Waals surface area contributed by atoms with Gasteiger partial charge in [-0.25, -0.2) is 8.42 Å². The zero-order chi connectivity index (χ0) is 44.2. The number of methoxy groups -OCH3 is 2. The number of benzene rings is 8. The first-order valence-corrected chi connectivity index (χ1v) is 23.5. The van der Waals surface area contributed by atoms with E-state index >= 15 is 0 Å². The van der Waals surface area contributed by atoms with Gasteiger partial charge in [0.25, 0.3) is 0 Å². The minimum absolute atomic E-state index is 0.0757. The van der Waals surface area contributed by atoms with Crippen LogP contribution in [-0.4, -0.2) is 38.6 Å². The lowest BCUT2D eigenvalue weighted by molar-refractivity contribution is -0.183. The predicted octanol–water partition coefficient (Wildman–Crippen LogP) is 12.1. The topological polar surface area (TPSA) is 110 Å². The zero-order valence-corrected chi connectivity index (χ0v) is 37.5. The highest BCUT2D eigenvalue weighted by Gasteiger charge is 2.34. The van der Waals surface area contributed by atoms with E-state index in [1.54, 1.807) is 98.4 Å². The van der Waals surface area contributed by atoms with Crippen molar-refractivity contribution in [3.63, 3.8) is 0 Å². The third kappa shape index (κ3) is 11.3. The highest BCUT2D eigenvalue weighted by molar-refractivity contribution is 7.99. The van der Waals surface area contributed by atoms with Gasteiger partial charge >= 0.3 is 0 Å². The summed E-state index contributed by atoms with van der Waals surface area (Å²) in [5.74, 6) is -0.681. The maximum atomic E-state index is 12.9. The summed E-state index contributed by atoms with van der Waals surface area (Å²) in [4.78, 5) is 19.8. The van der Waals surface area contributed by atoms with Gasteiger partial charge in [0.1, 0.15) is 11.5 Å². The number of phenols is 2. The van der Waals surface area contributed by atoms with Crippen molar-refractivity contribution in [2.45, 2.75) is 45.0 Å². The van der Waals surface area contributed by atoms with Crippen LogP contribution in [0.15, 0.2) is 245 Å². The molecule has 2 unspecified atom stereocenters. The molecule has 0 spiro atoms. The Morgan fingerprint density at radius 2 is 0.698 bits per heavy atom. The average Bonchev–Trinajstić information content (AvgIpc) is 3.34. The van der Waals surface area contributed by atoms with E-state index in [9.17, 15) is 23.4 Å². The van der Waals surface area contributed by atoms with Gasteiger partial charge in [-0.3, -0.25) is 4.79 Å². The van der Waals surface area contributed by atoms with Gasteiger partial charge in [0.05, 0.1) is 21.6 Å². The van der Waals surface area contributed by atoms with Crippen molar-refractivity contribution in [3.05, 3.63) is 229 Å². The third-order valence-corrected chi connectivity index (χ3v) is 14.6. The molecule has 8 rings (SSSR count). The molecule has 8 aromatic rings. The molecule has 7 nitrogen and oxygen atoms in total. The highest BCUT2D eigenvalue weighted by atomic mass is 32.2. The smallest absolute Gasteiger partial charge is 0.221 e. The number of ketones is 1. The highest BCUT2D eigenvalue weighted by Crippen LogP contribution is 2.37. The van der Waals surface area contributed by atoms with Crippen molar-refractivity contribution in [1.29, 1.82) is 0 Å². The predicted molar refractivity (Wildman–Crippen MR) is 251 cm³/mol. The van der Waals surface area contributed by atoms with Gasteiger partial charge in [0.2, 0.25) is 5.79 Å². The number of hydrogen-bond acceptors (Lipinski definition) is 9. The van der Waals surface area contributed by atoms with Crippen LogP contribution in [0.25, 0.3) is 0 Å². The Balaban J connectivity index is 0.000000190. The Hall–Kier alpha value is -6.05. The number of carbonyl (C=O) groups is 1. The monoisotopic (exact) mass is 906 g/mol. The minimum atomic E-state index is -1.27. The largest absolute Gasteiger partial charge is 0.508 e. The first-order valence-electron chi connectivity index (χ1n) is 19.6. The molecule has 0 amide bonds. The molecule has 8 aromatic carbocycles. The van der Waals surface area contributed by atoms with Gasteiger partial charge < -0.3 is 19.7 Å². The fraction of sp³-hybridized carbons (Fsp3) is 0.0577. The molecule has 0 aliphatic heterocycles. The maximum absolute atomic E-state index is 12.9. The molecule has 316 valence electrons. The van der Waals surface area contributed by atoms with Crippen LogP contribution in [0.3, 0.4) is 0 Å². The van der Waals surface area contributed by atoms with Crippen molar-refractivity contribution in [2.24, 2.45) is 0 Å². The molecule has 0 saturated heterocycles. The molecule has 0 aliphatic carbocycles. The van der Waals surface area contributed by atoms with E-state index in [2.05, 4.69) is 0 Å². The lowest BCUT2D eigenvalue weighted by Gasteiger charge is -2.32. The van der Waals surface area contributed by atoms with Gasteiger partial charge in [-0.15, -0.1) is 0 Å². The SMILES string of the molecule is COC(OC)(c1ccc(Sc2ccc(O)cc2)cc1)c1ccc(S(=O)c2ccccc2)cc1.O=C(c1ccc(Sc2ccc(O)cc2)cc1)c1ccc(S(=O)c2ccccc2)cc1. The minimum Gasteiger partial charge on any atom is -0.508 e. The third-order valence-electron chi connectivity index (χ3n) is 9.76. The van der Waals surface area contributed by atoms with Gasteiger partial charge in [-0.1, -0.05) is 84.2 Å². The number of aromatic hydroxyl groups is 2. The number of carbonyl (C=O) groups excluding carboxylic acids is 1. The molecule has 0 fully saturated rings. The zero-order valence-electron chi connectivity index (χ0n) is 34.2. The normalized spacial score (nSPS) is 12.1. The second-order valence-corrected chi connectivity index (χ2v) is 19.1. The van der Waals surface area contributed by atoms with Gasteiger partial charge in [0.15, 0.2) is 5.78 Å². The van der Waals surface area contributed by atoms with Crippen molar-refractivity contribution in [2.75, 3.05) is 14.2 Å². The van der Waals surface area contributed by atoms with E-state index in [0.717, 1.165) is 40.5 Å². The van der Waals surface area contributed by atoms with E-state index < -0.39 is 27.4 Å². The lowest BCUT2D eigenvalue weighted by Crippen LogP contribution is -2.32. The summed E-state index contributed by atoms with van der Waals surface area (Å²) in [5, 5.41) is 18.8. The number of ether oxygens (including phenoxy) is 2. The van der Waals surface area contributed by atoms with E-state index in [0.29, 0.717) is 20.9 Å². The van der Waals surface area contributed by atoms with Crippen molar-refractivity contribution in [3.8, 4) is 11.5 Å². The van der Waals surface area contributed by atoms with E-state index in [4.69, 9.17) is 9.47 Å². The fourth-order valence-electron chi connectivity index (χ4n) is 6.49. The number of rotatable bonds is 14. The molecule has 2 atom stereocenters. The second-order valence-electron chi connectivity index (χ2n) is 13.8. The van der Waals surface area contributed by atoms with Crippen molar-refractivity contribution in [1.82, 2.24) is 0 Å². The van der Waals surface area contributed by atoms with Crippen LogP contribution in [-0.2, 0) is 36.9 Å².